The van der Waals surface area contributed by atoms with Crippen molar-refractivity contribution in [2.24, 2.45) is 0 Å². The van der Waals surface area contributed by atoms with Gasteiger partial charge in [-0.25, -0.2) is 23.1 Å². The highest BCUT2D eigenvalue weighted by atomic mass is 19.3. The molecule has 0 saturated heterocycles. The average Bonchev–Trinajstić information content (AvgIpc) is 2.92. The molecule has 1 N–H and O–H groups in total. The molecule has 0 fully saturated rings. The van der Waals surface area contributed by atoms with E-state index in [0.29, 0.717) is 16.6 Å². The van der Waals surface area contributed by atoms with Crippen LogP contribution in [0.3, 0.4) is 0 Å². The first-order chi connectivity index (χ1) is 8.66. The summed E-state index contributed by atoms with van der Waals surface area (Å²) in [5.41, 5.74) is 0.230. The molecule has 3 heterocycles. The average molecular weight is 253 g/mol. The second-order valence-electron chi connectivity index (χ2n) is 3.62. The van der Waals surface area contributed by atoms with Crippen LogP contribution in [0.4, 0.5) is 13.2 Å². The summed E-state index contributed by atoms with van der Waals surface area (Å²) in [7, 11) is 0. The van der Waals surface area contributed by atoms with Gasteiger partial charge in [-0.1, -0.05) is 0 Å². The lowest BCUT2D eigenvalue weighted by Gasteiger charge is -1.98. The topological polar surface area (TPSA) is 54.7 Å². The van der Waals surface area contributed by atoms with Gasteiger partial charge in [-0.2, -0.15) is 0 Å². The molecule has 0 radical (unpaired) electrons. The van der Waals surface area contributed by atoms with E-state index < -0.39 is 17.9 Å². The van der Waals surface area contributed by atoms with Crippen LogP contribution in [-0.4, -0.2) is 15.0 Å². The number of aromatic amines is 1. The summed E-state index contributed by atoms with van der Waals surface area (Å²) in [6.45, 7) is 0. The van der Waals surface area contributed by atoms with Gasteiger partial charge < -0.3 is 9.40 Å². The number of nitrogens with one attached hydrogen (secondary N) is 1. The molecule has 0 atom stereocenters. The Hall–Kier alpha value is -2.31. The number of oxazole rings is 1. The number of hydrogen-bond donors (Lipinski definition) is 1. The predicted octanol–water partition coefficient (Wildman–Crippen LogP) is 3.29. The van der Waals surface area contributed by atoms with Crippen molar-refractivity contribution in [3.05, 3.63) is 36.4 Å². The Morgan fingerprint density at radius 1 is 1.28 bits per heavy atom. The van der Waals surface area contributed by atoms with E-state index in [4.69, 9.17) is 4.42 Å². The maximum atomic E-state index is 13.1. The molecule has 3 rings (SSSR count). The zero-order valence-electron chi connectivity index (χ0n) is 8.82. The summed E-state index contributed by atoms with van der Waals surface area (Å²) in [5.74, 6) is -0.634. The van der Waals surface area contributed by atoms with Gasteiger partial charge in [0.1, 0.15) is 11.5 Å². The minimum absolute atomic E-state index is 0.0800. The number of halogens is 3. The maximum absolute atomic E-state index is 13.1. The fourth-order valence-corrected chi connectivity index (χ4v) is 1.78. The minimum Gasteiger partial charge on any atom is -0.443 e. The van der Waals surface area contributed by atoms with Crippen LogP contribution in [0.2, 0.25) is 0 Å². The lowest BCUT2D eigenvalue weighted by molar-refractivity contribution is 0.147. The van der Waals surface area contributed by atoms with Crippen molar-refractivity contribution in [2.75, 3.05) is 0 Å². The first-order valence-electron chi connectivity index (χ1n) is 5.01. The molecule has 0 saturated carbocycles. The first-order valence-corrected chi connectivity index (χ1v) is 5.01. The Morgan fingerprint density at radius 2 is 2.11 bits per heavy atom. The van der Waals surface area contributed by atoms with Gasteiger partial charge in [-0.15, -0.1) is 0 Å². The molecule has 0 bridgehead atoms. The highest BCUT2D eigenvalue weighted by Crippen LogP contribution is 2.34. The summed E-state index contributed by atoms with van der Waals surface area (Å²) in [5, 5.41) is 0.369. The zero-order valence-corrected chi connectivity index (χ0v) is 8.82. The van der Waals surface area contributed by atoms with E-state index in [9.17, 15) is 13.2 Å². The van der Waals surface area contributed by atoms with Crippen LogP contribution < -0.4 is 0 Å². The van der Waals surface area contributed by atoms with Crippen LogP contribution >= 0.6 is 0 Å². The van der Waals surface area contributed by atoms with Gasteiger partial charge in [-0.3, -0.25) is 0 Å². The number of alkyl halides is 2. The number of pyridine rings is 1. The number of aromatic nitrogens is 3. The van der Waals surface area contributed by atoms with E-state index >= 15 is 0 Å². The van der Waals surface area contributed by atoms with Crippen LogP contribution in [0.15, 0.2) is 29.3 Å². The fraction of sp³-hybridized carbons (Fsp3) is 0.0909. The lowest BCUT2D eigenvalue weighted by Crippen LogP contribution is -1.87. The van der Waals surface area contributed by atoms with E-state index in [1.165, 1.54) is 12.3 Å². The summed E-state index contributed by atoms with van der Waals surface area (Å²) >= 11 is 0. The van der Waals surface area contributed by atoms with Gasteiger partial charge in [0, 0.05) is 17.1 Å². The Labute approximate surface area is 98.5 Å². The molecule has 0 spiro atoms. The normalized spacial score (nSPS) is 11.6. The molecular weight excluding hydrogens is 247 g/mol. The third-order valence-electron chi connectivity index (χ3n) is 2.54. The maximum Gasteiger partial charge on any atom is 0.284 e. The molecule has 0 unspecified atom stereocenters. The fourth-order valence-electron chi connectivity index (χ4n) is 1.78. The van der Waals surface area contributed by atoms with Crippen molar-refractivity contribution in [1.82, 2.24) is 15.0 Å². The van der Waals surface area contributed by atoms with E-state index in [-0.39, 0.29) is 5.76 Å². The van der Waals surface area contributed by atoms with Crippen LogP contribution in [0.25, 0.3) is 22.4 Å². The zero-order chi connectivity index (χ0) is 12.7. The molecule has 18 heavy (non-hydrogen) atoms. The number of rotatable bonds is 2. The second-order valence-corrected chi connectivity index (χ2v) is 3.62. The highest BCUT2D eigenvalue weighted by molar-refractivity contribution is 5.92. The molecule has 3 aromatic heterocycles. The lowest BCUT2D eigenvalue weighted by atomic mass is 10.1. The Balaban J connectivity index is 2.25. The third kappa shape index (κ3) is 1.55. The van der Waals surface area contributed by atoms with Crippen LogP contribution in [0, 0.1) is 5.82 Å². The van der Waals surface area contributed by atoms with Crippen LogP contribution in [-0.2, 0) is 0 Å². The molecule has 0 amide bonds. The molecule has 4 nitrogen and oxygen atoms in total. The largest absolute Gasteiger partial charge is 0.443 e. The standard InChI is InChI=1S/C11H6F3N3O/c12-5-1-6-7(3-16-11(6)15-2-5)9-8(10(13)14)17-4-18-9/h1-4,10H,(H,15,16). The number of nitrogens with zero attached hydrogens (tertiary/aromatic N) is 2. The van der Waals surface area contributed by atoms with E-state index in [1.54, 1.807) is 0 Å². The molecule has 0 aliphatic heterocycles. The molecule has 0 aliphatic carbocycles. The predicted molar refractivity (Wildman–Crippen MR) is 56.5 cm³/mol. The van der Waals surface area contributed by atoms with Gasteiger partial charge in [0.2, 0.25) is 0 Å². The molecule has 7 heteroatoms. The highest BCUT2D eigenvalue weighted by Gasteiger charge is 2.22. The number of fused-ring (bicyclic) bond motifs is 1. The van der Waals surface area contributed by atoms with Crippen molar-refractivity contribution in [3.8, 4) is 11.3 Å². The molecule has 92 valence electrons. The quantitative estimate of drug-likeness (QED) is 0.762. The van der Waals surface area contributed by atoms with Gasteiger partial charge in [0.05, 0.1) is 6.20 Å². The Morgan fingerprint density at radius 3 is 2.89 bits per heavy atom. The molecule has 0 aromatic carbocycles. The third-order valence-corrected chi connectivity index (χ3v) is 2.54. The second kappa shape index (κ2) is 3.86. The molecule has 3 aromatic rings. The summed E-state index contributed by atoms with van der Waals surface area (Å²) in [6, 6.07) is 1.20. The number of hydrogen-bond acceptors (Lipinski definition) is 3. The van der Waals surface area contributed by atoms with Gasteiger partial charge in [-0.05, 0) is 6.07 Å². The van der Waals surface area contributed by atoms with Crippen molar-refractivity contribution in [3.63, 3.8) is 0 Å². The van der Waals surface area contributed by atoms with E-state index in [2.05, 4.69) is 15.0 Å². The number of H-pyrrole nitrogens is 1. The first kappa shape index (κ1) is 10.8. The Kier molecular flexibility index (Phi) is 2.32. The molecular formula is C11H6F3N3O. The van der Waals surface area contributed by atoms with E-state index in [0.717, 1.165) is 12.6 Å². The van der Waals surface area contributed by atoms with Crippen molar-refractivity contribution >= 4 is 11.0 Å². The summed E-state index contributed by atoms with van der Waals surface area (Å²) < 4.78 is 43.5. The smallest absolute Gasteiger partial charge is 0.284 e. The summed E-state index contributed by atoms with van der Waals surface area (Å²) in [4.78, 5) is 10.0. The van der Waals surface area contributed by atoms with Gasteiger partial charge in [0.25, 0.3) is 6.43 Å². The monoisotopic (exact) mass is 253 g/mol. The van der Waals surface area contributed by atoms with Crippen LogP contribution in [0.1, 0.15) is 12.1 Å². The summed E-state index contributed by atoms with van der Waals surface area (Å²) in [6.07, 6.45) is 0.647. The minimum atomic E-state index is -2.76. The van der Waals surface area contributed by atoms with Crippen molar-refractivity contribution in [1.29, 1.82) is 0 Å². The van der Waals surface area contributed by atoms with Gasteiger partial charge in [0.15, 0.2) is 17.8 Å². The van der Waals surface area contributed by atoms with Crippen LogP contribution in [0.5, 0.6) is 0 Å². The van der Waals surface area contributed by atoms with Gasteiger partial charge >= 0.3 is 0 Å². The van der Waals surface area contributed by atoms with E-state index in [1.807, 2.05) is 0 Å². The van der Waals surface area contributed by atoms with Crippen molar-refractivity contribution in [2.45, 2.75) is 6.43 Å². The Bertz CT molecular complexity index is 704. The molecule has 0 aliphatic rings. The SMILES string of the molecule is Fc1cnc2[nH]cc(-c3ocnc3C(F)F)c2c1. The van der Waals surface area contributed by atoms with Crippen molar-refractivity contribution < 1.29 is 17.6 Å².